The average molecular weight is 270 g/mol. The quantitative estimate of drug-likeness (QED) is 0.863. The van der Waals surface area contributed by atoms with E-state index in [4.69, 9.17) is 10.2 Å². The van der Waals surface area contributed by atoms with Crippen LogP contribution in [0.15, 0.2) is 22.6 Å². The van der Waals surface area contributed by atoms with E-state index in [0.717, 1.165) is 31.4 Å². The van der Waals surface area contributed by atoms with Crippen LogP contribution >= 0.6 is 0 Å². The third kappa shape index (κ3) is 2.20. The number of rotatable bonds is 1. The lowest BCUT2D eigenvalue weighted by atomic mass is 10.1. The molecule has 3 nitrogen and oxygen atoms in total. The minimum absolute atomic E-state index is 0.0155. The van der Waals surface area contributed by atoms with Gasteiger partial charge in [0.2, 0.25) is 0 Å². The summed E-state index contributed by atoms with van der Waals surface area (Å²) in [5.74, 6) is 0.473. The fourth-order valence-corrected chi connectivity index (χ4v) is 2.58. The lowest BCUT2D eigenvalue weighted by Crippen LogP contribution is -2.22. The summed E-state index contributed by atoms with van der Waals surface area (Å²) in [6.45, 7) is 0. The Labute approximate surface area is 107 Å². The summed E-state index contributed by atoms with van der Waals surface area (Å²) in [5, 5.41) is 0. The van der Waals surface area contributed by atoms with Gasteiger partial charge in [-0.05, 0) is 31.0 Å². The van der Waals surface area contributed by atoms with Gasteiger partial charge < -0.3 is 10.2 Å². The maximum atomic E-state index is 12.6. The van der Waals surface area contributed by atoms with Crippen LogP contribution in [0.2, 0.25) is 0 Å². The van der Waals surface area contributed by atoms with Crippen LogP contribution in [0.25, 0.3) is 11.1 Å². The number of nitrogens with two attached hydrogens (primary N) is 1. The molecule has 1 saturated carbocycles. The van der Waals surface area contributed by atoms with Crippen molar-refractivity contribution in [2.45, 2.75) is 37.4 Å². The number of hydrogen-bond acceptors (Lipinski definition) is 3. The molecule has 102 valence electrons. The highest BCUT2D eigenvalue weighted by Gasteiger charge is 2.32. The molecule has 0 radical (unpaired) electrons. The average Bonchev–Trinajstić information content (AvgIpc) is 2.91. The van der Waals surface area contributed by atoms with Gasteiger partial charge in [-0.3, -0.25) is 0 Å². The molecule has 0 aliphatic heterocycles. The Bertz CT molecular complexity index is 605. The molecular weight excluding hydrogens is 257 g/mol. The molecular formula is C13H13F3N2O. The van der Waals surface area contributed by atoms with Crippen molar-refractivity contribution < 1.29 is 17.6 Å². The lowest BCUT2D eigenvalue weighted by molar-refractivity contribution is -0.137. The fraction of sp³-hybridized carbons (Fsp3) is 0.462. The van der Waals surface area contributed by atoms with Crippen LogP contribution in [0.4, 0.5) is 13.2 Å². The van der Waals surface area contributed by atoms with Crippen molar-refractivity contribution in [1.82, 2.24) is 4.98 Å². The van der Waals surface area contributed by atoms with Gasteiger partial charge >= 0.3 is 6.18 Å². The molecule has 1 aromatic heterocycles. The Hall–Kier alpha value is -1.56. The van der Waals surface area contributed by atoms with Crippen LogP contribution in [0, 0.1) is 0 Å². The molecule has 1 heterocycles. The summed E-state index contributed by atoms with van der Waals surface area (Å²) in [4.78, 5) is 4.17. The Kier molecular flexibility index (Phi) is 2.78. The number of fused-ring (bicyclic) bond motifs is 1. The monoisotopic (exact) mass is 270 g/mol. The second-order valence-electron chi connectivity index (χ2n) is 4.93. The molecule has 1 aliphatic carbocycles. The van der Waals surface area contributed by atoms with Crippen LogP contribution in [-0.2, 0) is 6.18 Å². The molecule has 0 spiro atoms. The van der Waals surface area contributed by atoms with Gasteiger partial charge in [0, 0.05) is 6.04 Å². The molecule has 2 aromatic rings. The van der Waals surface area contributed by atoms with E-state index in [2.05, 4.69) is 4.98 Å². The molecule has 2 unspecified atom stereocenters. The van der Waals surface area contributed by atoms with Gasteiger partial charge in [-0.2, -0.15) is 13.2 Å². The molecule has 2 N–H and O–H groups in total. The van der Waals surface area contributed by atoms with E-state index >= 15 is 0 Å². The van der Waals surface area contributed by atoms with E-state index in [0.29, 0.717) is 11.5 Å². The molecule has 0 bridgehead atoms. The molecule has 1 aromatic carbocycles. The number of aromatic nitrogens is 1. The molecule has 1 aliphatic rings. The van der Waals surface area contributed by atoms with Gasteiger partial charge in [0.25, 0.3) is 0 Å². The molecule has 19 heavy (non-hydrogen) atoms. The topological polar surface area (TPSA) is 52.0 Å². The first kappa shape index (κ1) is 12.5. The highest BCUT2D eigenvalue weighted by atomic mass is 19.4. The number of alkyl halides is 3. The van der Waals surface area contributed by atoms with Crippen molar-refractivity contribution in [3.05, 3.63) is 29.7 Å². The second-order valence-corrected chi connectivity index (χ2v) is 4.93. The van der Waals surface area contributed by atoms with Crippen molar-refractivity contribution in [2.24, 2.45) is 5.73 Å². The van der Waals surface area contributed by atoms with Crippen molar-refractivity contribution in [1.29, 1.82) is 0 Å². The first-order chi connectivity index (χ1) is 8.95. The van der Waals surface area contributed by atoms with Crippen molar-refractivity contribution >= 4 is 11.1 Å². The van der Waals surface area contributed by atoms with Gasteiger partial charge in [-0.15, -0.1) is 0 Å². The molecule has 2 atom stereocenters. The number of halogens is 3. The zero-order valence-corrected chi connectivity index (χ0v) is 10.1. The fourth-order valence-electron chi connectivity index (χ4n) is 2.58. The van der Waals surface area contributed by atoms with Crippen LogP contribution in [0.3, 0.4) is 0 Å². The zero-order valence-electron chi connectivity index (χ0n) is 10.1. The third-order valence-electron chi connectivity index (χ3n) is 3.62. The molecule has 0 saturated heterocycles. The van der Waals surface area contributed by atoms with Gasteiger partial charge in [-0.1, -0.05) is 6.42 Å². The van der Waals surface area contributed by atoms with Crippen molar-refractivity contribution in [3.63, 3.8) is 0 Å². The van der Waals surface area contributed by atoms with Crippen LogP contribution in [0.5, 0.6) is 0 Å². The van der Waals surface area contributed by atoms with Crippen molar-refractivity contribution in [3.8, 4) is 0 Å². The lowest BCUT2D eigenvalue weighted by Gasteiger charge is -2.09. The minimum Gasteiger partial charge on any atom is -0.440 e. The number of hydrogen-bond donors (Lipinski definition) is 1. The smallest absolute Gasteiger partial charge is 0.416 e. The Morgan fingerprint density at radius 3 is 2.68 bits per heavy atom. The highest BCUT2D eigenvalue weighted by Crippen LogP contribution is 2.36. The third-order valence-corrected chi connectivity index (χ3v) is 3.62. The summed E-state index contributed by atoms with van der Waals surface area (Å²) >= 11 is 0. The largest absolute Gasteiger partial charge is 0.440 e. The van der Waals surface area contributed by atoms with E-state index in [-0.39, 0.29) is 17.5 Å². The van der Waals surface area contributed by atoms with Gasteiger partial charge in [-0.25, -0.2) is 4.98 Å². The Morgan fingerprint density at radius 1 is 1.26 bits per heavy atom. The number of nitrogens with zero attached hydrogens (tertiary/aromatic N) is 1. The van der Waals surface area contributed by atoms with Gasteiger partial charge in [0.05, 0.1) is 11.5 Å². The Balaban J connectivity index is 2.01. The van der Waals surface area contributed by atoms with Gasteiger partial charge in [0.15, 0.2) is 11.5 Å². The van der Waals surface area contributed by atoms with Gasteiger partial charge in [0.1, 0.15) is 5.52 Å². The Morgan fingerprint density at radius 2 is 2.05 bits per heavy atom. The molecule has 1 fully saturated rings. The summed E-state index contributed by atoms with van der Waals surface area (Å²) in [6, 6.07) is 3.32. The first-order valence-electron chi connectivity index (χ1n) is 6.18. The van der Waals surface area contributed by atoms with Crippen LogP contribution in [-0.4, -0.2) is 11.0 Å². The van der Waals surface area contributed by atoms with E-state index in [1.807, 2.05) is 0 Å². The summed E-state index contributed by atoms with van der Waals surface area (Å²) in [7, 11) is 0. The minimum atomic E-state index is -4.36. The first-order valence-corrected chi connectivity index (χ1v) is 6.18. The van der Waals surface area contributed by atoms with E-state index in [9.17, 15) is 13.2 Å². The molecule has 3 rings (SSSR count). The standard InChI is InChI=1S/C13H13F3N2O/c14-13(15,16)7-4-5-11-10(6-7)18-12(19-11)8-2-1-3-9(8)17/h4-6,8-9H,1-3,17H2. The normalized spacial score (nSPS) is 24.2. The second kappa shape index (κ2) is 4.23. The zero-order chi connectivity index (χ0) is 13.6. The summed E-state index contributed by atoms with van der Waals surface area (Å²) < 4.78 is 43.4. The number of benzene rings is 1. The maximum Gasteiger partial charge on any atom is 0.416 e. The number of oxazole rings is 1. The van der Waals surface area contributed by atoms with E-state index < -0.39 is 11.7 Å². The summed E-state index contributed by atoms with van der Waals surface area (Å²) in [6.07, 6.45) is -1.59. The molecule has 6 heteroatoms. The van der Waals surface area contributed by atoms with E-state index in [1.54, 1.807) is 0 Å². The predicted molar refractivity (Wildman–Crippen MR) is 63.6 cm³/mol. The maximum absolute atomic E-state index is 12.6. The molecule has 0 amide bonds. The SMILES string of the molecule is NC1CCCC1c1nc2cc(C(F)(F)F)ccc2o1. The summed E-state index contributed by atoms with van der Waals surface area (Å²) in [5.41, 5.74) is 5.86. The highest BCUT2D eigenvalue weighted by molar-refractivity contribution is 5.73. The van der Waals surface area contributed by atoms with E-state index in [1.165, 1.54) is 6.07 Å². The predicted octanol–water partition coefficient (Wildman–Crippen LogP) is 3.44. The van der Waals surface area contributed by atoms with Crippen molar-refractivity contribution in [2.75, 3.05) is 0 Å². The van der Waals surface area contributed by atoms with Crippen LogP contribution < -0.4 is 5.73 Å². The van der Waals surface area contributed by atoms with Crippen LogP contribution in [0.1, 0.15) is 36.6 Å².